The van der Waals surface area contributed by atoms with Crippen molar-refractivity contribution < 1.29 is 0 Å². The summed E-state index contributed by atoms with van der Waals surface area (Å²) in [6, 6.07) is 25.0. The molecule has 3 aromatic rings. The Labute approximate surface area is 153 Å². The summed E-state index contributed by atoms with van der Waals surface area (Å²) in [6.07, 6.45) is 0. The first-order chi connectivity index (χ1) is 11.9. The van der Waals surface area contributed by atoms with Crippen LogP contribution >= 0.6 is 0 Å². The number of rotatable bonds is 5. The predicted molar refractivity (Wildman–Crippen MR) is 113 cm³/mol. The van der Waals surface area contributed by atoms with Crippen LogP contribution in [0, 0.1) is 0 Å². The maximum Gasteiger partial charge on any atom is 0.0775 e. The lowest BCUT2D eigenvalue weighted by Gasteiger charge is -2.26. The van der Waals surface area contributed by atoms with Crippen molar-refractivity contribution in [3.63, 3.8) is 0 Å². The second kappa shape index (κ2) is 7.15. The molecule has 3 aromatic carbocycles. The minimum absolute atomic E-state index is 0.378. The van der Waals surface area contributed by atoms with Gasteiger partial charge in [0.1, 0.15) is 0 Å². The van der Waals surface area contributed by atoms with Crippen LogP contribution in [0.5, 0.6) is 0 Å². The lowest BCUT2D eigenvalue weighted by molar-refractivity contribution is 0.254. The first-order valence-corrected chi connectivity index (χ1v) is 12.6. The molecule has 0 aliphatic carbocycles. The largest absolute Gasteiger partial charge is 0.295 e. The van der Waals surface area contributed by atoms with Gasteiger partial charge >= 0.3 is 0 Å². The molecule has 0 radical (unpaired) electrons. The molecule has 0 fully saturated rings. The average molecular weight is 348 g/mol. The molecule has 0 aliphatic heterocycles. The summed E-state index contributed by atoms with van der Waals surface area (Å²) >= 11 is 0. The van der Waals surface area contributed by atoms with Crippen molar-refractivity contribution >= 4 is 24.0 Å². The molecule has 2 heteroatoms. The molecule has 0 spiro atoms. The highest BCUT2D eigenvalue weighted by Crippen LogP contribution is 2.28. The van der Waals surface area contributed by atoms with E-state index in [1.54, 1.807) is 0 Å². The van der Waals surface area contributed by atoms with Gasteiger partial charge < -0.3 is 0 Å². The maximum atomic E-state index is 2.44. The van der Waals surface area contributed by atoms with Gasteiger partial charge in [-0.25, -0.2) is 0 Å². The SMILES string of the molecule is C[C@H](c1cccc2ccccc12)N(C)Cc1ccc([Si](C)(C)C)cc1. The zero-order chi connectivity index (χ0) is 18.0. The van der Waals surface area contributed by atoms with Crippen LogP contribution in [0.3, 0.4) is 0 Å². The van der Waals surface area contributed by atoms with Crippen molar-refractivity contribution in [1.29, 1.82) is 0 Å². The molecule has 1 nitrogen and oxygen atoms in total. The van der Waals surface area contributed by atoms with Gasteiger partial charge in [-0.05, 0) is 35.9 Å². The Bertz CT molecular complexity index is 841. The summed E-state index contributed by atoms with van der Waals surface area (Å²) in [6.45, 7) is 10.5. The lowest BCUT2D eigenvalue weighted by atomic mass is 9.98. The Kier molecular flexibility index (Phi) is 5.12. The van der Waals surface area contributed by atoms with Crippen molar-refractivity contribution in [2.75, 3.05) is 7.05 Å². The van der Waals surface area contributed by atoms with Crippen LogP contribution in [-0.2, 0) is 6.54 Å². The van der Waals surface area contributed by atoms with Gasteiger partial charge in [0.05, 0.1) is 8.07 Å². The van der Waals surface area contributed by atoms with E-state index in [0.717, 1.165) is 6.54 Å². The second-order valence-electron chi connectivity index (χ2n) is 8.11. The zero-order valence-electron chi connectivity index (χ0n) is 16.1. The van der Waals surface area contributed by atoms with Crippen molar-refractivity contribution in [2.45, 2.75) is 39.2 Å². The number of nitrogens with zero attached hydrogens (tertiary/aromatic N) is 1. The lowest BCUT2D eigenvalue weighted by Crippen LogP contribution is -2.37. The fourth-order valence-corrected chi connectivity index (χ4v) is 4.55. The van der Waals surface area contributed by atoms with E-state index >= 15 is 0 Å². The number of hydrogen-bond donors (Lipinski definition) is 0. The standard InChI is InChI=1S/C23H29NSi/c1-18(22-12-8-10-20-9-6-7-11-23(20)22)24(2)17-19-13-15-21(16-14-19)25(3,4)5/h6-16,18H,17H2,1-5H3/t18-/m1/s1. The third kappa shape index (κ3) is 4.02. The summed E-state index contributed by atoms with van der Waals surface area (Å²) < 4.78 is 0. The molecule has 25 heavy (non-hydrogen) atoms. The minimum Gasteiger partial charge on any atom is -0.295 e. The first-order valence-electron chi connectivity index (χ1n) is 9.13. The van der Waals surface area contributed by atoms with Gasteiger partial charge in [-0.3, -0.25) is 4.90 Å². The van der Waals surface area contributed by atoms with E-state index < -0.39 is 8.07 Å². The fraction of sp³-hybridized carbons (Fsp3) is 0.304. The normalized spacial score (nSPS) is 13.4. The van der Waals surface area contributed by atoms with Crippen LogP contribution in [0.2, 0.25) is 19.6 Å². The maximum absolute atomic E-state index is 2.44. The molecule has 130 valence electrons. The molecule has 0 unspecified atom stereocenters. The minimum atomic E-state index is -1.21. The van der Waals surface area contributed by atoms with Gasteiger partial charge in [-0.15, -0.1) is 0 Å². The van der Waals surface area contributed by atoms with Gasteiger partial charge in [0.15, 0.2) is 0 Å². The molecule has 0 heterocycles. The van der Waals surface area contributed by atoms with Crippen molar-refractivity contribution in [2.24, 2.45) is 0 Å². The van der Waals surface area contributed by atoms with Crippen molar-refractivity contribution in [3.8, 4) is 0 Å². The van der Waals surface area contributed by atoms with Crippen molar-refractivity contribution in [3.05, 3.63) is 77.9 Å². The summed E-state index contributed by atoms with van der Waals surface area (Å²) in [5.41, 5.74) is 2.79. The van der Waals surface area contributed by atoms with E-state index in [0.29, 0.717) is 6.04 Å². The molecule has 0 aliphatic rings. The molecule has 0 saturated carbocycles. The molecule has 0 amide bonds. The smallest absolute Gasteiger partial charge is 0.0775 e. The molecular formula is C23H29NSi. The molecule has 0 bridgehead atoms. The molecular weight excluding hydrogens is 318 g/mol. The second-order valence-corrected chi connectivity index (χ2v) is 13.2. The van der Waals surface area contributed by atoms with Crippen LogP contribution in [0.1, 0.15) is 24.1 Å². The van der Waals surface area contributed by atoms with E-state index in [1.165, 1.54) is 27.1 Å². The van der Waals surface area contributed by atoms with Crippen LogP contribution in [0.15, 0.2) is 66.7 Å². The Morgan fingerprint density at radius 3 is 2.16 bits per heavy atom. The quantitative estimate of drug-likeness (QED) is 0.545. The van der Waals surface area contributed by atoms with E-state index in [4.69, 9.17) is 0 Å². The molecule has 0 aromatic heterocycles. The summed E-state index contributed by atoms with van der Waals surface area (Å²) in [7, 11) is 1.01. The van der Waals surface area contributed by atoms with Crippen LogP contribution in [-0.4, -0.2) is 20.0 Å². The third-order valence-corrected chi connectivity index (χ3v) is 7.25. The topological polar surface area (TPSA) is 3.24 Å². The van der Waals surface area contributed by atoms with Crippen LogP contribution in [0.25, 0.3) is 10.8 Å². The summed E-state index contributed by atoms with van der Waals surface area (Å²) in [5, 5.41) is 4.21. The van der Waals surface area contributed by atoms with E-state index in [1.807, 2.05) is 0 Å². The van der Waals surface area contributed by atoms with Gasteiger partial charge in [0, 0.05) is 12.6 Å². The first kappa shape index (κ1) is 17.9. The van der Waals surface area contributed by atoms with Crippen LogP contribution < -0.4 is 5.19 Å². The van der Waals surface area contributed by atoms with Gasteiger partial charge in [0.2, 0.25) is 0 Å². The molecule has 0 saturated heterocycles. The van der Waals surface area contributed by atoms with Gasteiger partial charge in [-0.2, -0.15) is 0 Å². The summed E-state index contributed by atoms with van der Waals surface area (Å²) in [5.74, 6) is 0. The molecule has 0 N–H and O–H groups in total. The monoisotopic (exact) mass is 347 g/mol. The van der Waals surface area contributed by atoms with E-state index in [2.05, 4.69) is 105 Å². The highest BCUT2D eigenvalue weighted by Gasteiger charge is 2.17. The Morgan fingerprint density at radius 2 is 1.48 bits per heavy atom. The highest BCUT2D eigenvalue weighted by molar-refractivity contribution is 6.88. The molecule has 1 atom stereocenters. The number of hydrogen-bond acceptors (Lipinski definition) is 1. The highest BCUT2D eigenvalue weighted by atomic mass is 28.3. The van der Waals surface area contributed by atoms with E-state index in [9.17, 15) is 0 Å². The van der Waals surface area contributed by atoms with E-state index in [-0.39, 0.29) is 0 Å². The van der Waals surface area contributed by atoms with Gasteiger partial charge in [0.25, 0.3) is 0 Å². The predicted octanol–water partition coefficient (Wildman–Crippen LogP) is 5.58. The Balaban J connectivity index is 1.79. The zero-order valence-corrected chi connectivity index (χ0v) is 17.1. The number of benzene rings is 3. The number of fused-ring (bicyclic) bond motifs is 1. The Hall–Kier alpha value is -1.90. The molecule has 3 rings (SSSR count). The van der Waals surface area contributed by atoms with Gasteiger partial charge in [-0.1, -0.05) is 91.6 Å². The average Bonchev–Trinajstić information content (AvgIpc) is 2.60. The van der Waals surface area contributed by atoms with Crippen molar-refractivity contribution in [1.82, 2.24) is 4.90 Å². The van der Waals surface area contributed by atoms with Crippen LogP contribution in [0.4, 0.5) is 0 Å². The summed E-state index contributed by atoms with van der Waals surface area (Å²) in [4.78, 5) is 2.44. The third-order valence-electron chi connectivity index (χ3n) is 5.19. The Morgan fingerprint density at radius 1 is 0.840 bits per heavy atom. The fourth-order valence-electron chi connectivity index (χ4n) is 3.39.